The lowest BCUT2D eigenvalue weighted by Gasteiger charge is -2.25. The van der Waals surface area contributed by atoms with Crippen LogP contribution in [0.1, 0.15) is 60.1 Å². The van der Waals surface area contributed by atoms with E-state index in [4.69, 9.17) is 23.3 Å². The average Bonchev–Trinajstić information content (AvgIpc) is 3.54. The highest BCUT2D eigenvalue weighted by atomic mass is 31.2. The number of aromatic nitrogens is 4. The van der Waals surface area contributed by atoms with Crippen LogP contribution in [0, 0.1) is 0 Å². The number of alkyl halides is 1. The molecule has 2 aromatic heterocycles. The van der Waals surface area contributed by atoms with Gasteiger partial charge in [0.15, 0.2) is 28.9 Å². The molecule has 16 nitrogen and oxygen atoms in total. The molecule has 0 spiro atoms. The van der Waals surface area contributed by atoms with Gasteiger partial charge in [0.05, 0.1) is 25.6 Å². The molecule has 0 saturated carbocycles. The van der Waals surface area contributed by atoms with Gasteiger partial charge in [0.1, 0.15) is 24.0 Å². The molecule has 1 aromatic carbocycles. The van der Waals surface area contributed by atoms with E-state index in [1.807, 2.05) is 6.92 Å². The number of hydrogen-bond acceptors (Lipinski definition) is 13. The van der Waals surface area contributed by atoms with Gasteiger partial charge in [-0.2, -0.15) is 15.1 Å². The summed E-state index contributed by atoms with van der Waals surface area (Å²) in [7, 11) is -0.923. The van der Waals surface area contributed by atoms with Crippen LogP contribution in [0.2, 0.25) is 0 Å². The van der Waals surface area contributed by atoms with Crippen LogP contribution in [-0.4, -0.2) is 94.0 Å². The molecule has 1 unspecified atom stereocenters. The van der Waals surface area contributed by atoms with E-state index < -0.39 is 62.7 Å². The molecule has 1 saturated heterocycles. The van der Waals surface area contributed by atoms with Crippen molar-refractivity contribution >= 4 is 42.7 Å². The Morgan fingerprint density at radius 3 is 2.55 bits per heavy atom. The van der Waals surface area contributed by atoms with Gasteiger partial charge in [0.25, 0.3) is 0 Å². The van der Waals surface area contributed by atoms with Crippen LogP contribution in [0.4, 0.5) is 21.0 Å². The van der Waals surface area contributed by atoms with Crippen molar-refractivity contribution in [1.82, 2.24) is 24.6 Å². The first-order valence-electron chi connectivity index (χ1n) is 16.0. The largest absolute Gasteiger partial charge is 0.462 e. The van der Waals surface area contributed by atoms with E-state index in [-0.39, 0.29) is 29.5 Å². The third kappa shape index (κ3) is 9.42. The fraction of sp³-hybridized carbons (Fsp3) is 0.581. The van der Waals surface area contributed by atoms with Crippen molar-refractivity contribution in [3.63, 3.8) is 0 Å². The third-order valence-corrected chi connectivity index (χ3v) is 9.07. The number of fused-ring (bicyclic) bond motifs is 1. The molecule has 1 aliphatic heterocycles. The van der Waals surface area contributed by atoms with Crippen molar-refractivity contribution in [2.75, 3.05) is 37.5 Å². The van der Waals surface area contributed by atoms with Crippen molar-refractivity contribution in [3.05, 3.63) is 36.7 Å². The highest BCUT2D eigenvalue weighted by Crippen LogP contribution is 2.48. The molecule has 0 bridgehead atoms. The van der Waals surface area contributed by atoms with Crippen LogP contribution >= 0.6 is 7.75 Å². The second-order valence-electron chi connectivity index (χ2n) is 12.2. The summed E-state index contributed by atoms with van der Waals surface area (Å²) in [6, 6.07) is 6.98. The minimum Gasteiger partial charge on any atom is -0.462 e. The maximum absolute atomic E-state index is 16.4. The maximum atomic E-state index is 16.4. The maximum Gasteiger partial charge on any atom is 0.459 e. The van der Waals surface area contributed by atoms with Crippen LogP contribution in [0.3, 0.4) is 0 Å². The Morgan fingerprint density at radius 2 is 1.90 bits per heavy atom. The second kappa shape index (κ2) is 16.2. The standard InChI is InChI=1S/C31H45FN7O9P/c1-8-9-13-16-44-30(42)36-29-34-25(38(6)7)23-26(35-29)39(18-33-23)28-31(5,32)24(40)22(47-28)17-45-49(43,48-21-14-11-10-12-15-21)37-20(4)27(41)46-19(2)3/h10-12,14-15,18-20,22,24,28,40H,8-9,13,16-17H2,1-7H3,(H,37,43)(H,34,35,36,42)/t20-,22+,24+,28+,31+,49?/m0/s1. The Labute approximate surface area is 284 Å². The van der Waals surface area contributed by atoms with Gasteiger partial charge in [-0.05, 0) is 46.2 Å². The molecule has 0 aliphatic carbocycles. The average molecular weight is 710 g/mol. The topological polar surface area (TPSA) is 188 Å². The lowest BCUT2D eigenvalue weighted by atomic mass is 9.98. The van der Waals surface area contributed by atoms with Crippen molar-refractivity contribution in [3.8, 4) is 5.75 Å². The zero-order valence-electron chi connectivity index (χ0n) is 28.7. The zero-order valence-corrected chi connectivity index (χ0v) is 29.6. The SMILES string of the molecule is CCCCCOC(=O)Nc1nc(N(C)C)c2ncn([C@@H]3O[C@H](COP(=O)(N[C@@H](C)C(=O)OC(C)C)Oc4ccccc4)[C@@H](O)[C@@]3(C)F)c2n1. The minimum atomic E-state index is -4.35. The molecule has 6 atom stereocenters. The quantitative estimate of drug-likeness (QED) is 0.105. The van der Waals surface area contributed by atoms with Gasteiger partial charge in [0, 0.05) is 14.1 Å². The van der Waals surface area contributed by atoms with Gasteiger partial charge >= 0.3 is 19.8 Å². The number of hydrogen-bond donors (Lipinski definition) is 3. The minimum absolute atomic E-state index is 0.0971. The summed E-state index contributed by atoms with van der Waals surface area (Å²) in [6.07, 6.45) is -1.98. The lowest BCUT2D eigenvalue weighted by Crippen LogP contribution is -2.41. The summed E-state index contributed by atoms with van der Waals surface area (Å²) in [5, 5.41) is 16.2. The number of amides is 1. The highest BCUT2D eigenvalue weighted by molar-refractivity contribution is 7.52. The van der Waals surface area contributed by atoms with E-state index in [0.717, 1.165) is 19.8 Å². The number of unbranched alkanes of at least 4 members (excludes halogenated alkanes) is 2. The summed E-state index contributed by atoms with van der Waals surface area (Å²) in [5.74, 6) is -0.333. The van der Waals surface area contributed by atoms with Gasteiger partial charge in [-0.25, -0.2) is 18.7 Å². The van der Waals surface area contributed by atoms with Crippen LogP contribution in [-0.2, 0) is 28.1 Å². The molecule has 0 radical (unpaired) electrons. The smallest absolute Gasteiger partial charge is 0.459 e. The first kappa shape index (κ1) is 37.9. The summed E-state index contributed by atoms with van der Waals surface area (Å²) >= 11 is 0. The van der Waals surface area contributed by atoms with Gasteiger partial charge in [-0.3, -0.25) is 19.2 Å². The van der Waals surface area contributed by atoms with Crippen molar-refractivity contribution < 1.29 is 46.9 Å². The monoisotopic (exact) mass is 709 g/mol. The van der Waals surface area contributed by atoms with E-state index in [0.29, 0.717) is 12.2 Å². The van der Waals surface area contributed by atoms with Gasteiger partial charge in [0.2, 0.25) is 5.95 Å². The van der Waals surface area contributed by atoms with E-state index in [1.165, 1.54) is 30.0 Å². The number of imidazole rings is 1. The number of esters is 1. The molecule has 49 heavy (non-hydrogen) atoms. The first-order valence-corrected chi connectivity index (χ1v) is 17.5. The number of anilines is 2. The van der Waals surface area contributed by atoms with Crippen molar-refractivity contribution in [1.29, 1.82) is 0 Å². The van der Waals surface area contributed by atoms with Crippen LogP contribution in [0.5, 0.6) is 5.75 Å². The molecule has 18 heteroatoms. The van der Waals surface area contributed by atoms with E-state index in [2.05, 4.69) is 25.4 Å². The normalized spacial score (nSPS) is 22.4. The third-order valence-electron chi connectivity index (χ3n) is 7.43. The van der Waals surface area contributed by atoms with Gasteiger partial charge in [-0.15, -0.1) is 0 Å². The van der Waals surface area contributed by atoms with Gasteiger partial charge in [-0.1, -0.05) is 38.0 Å². The molecule has 270 valence electrons. The molecular weight excluding hydrogens is 664 g/mol. The number of benzene rings is 1. The number of carbonyl (C=O) groups excluding carboxylic acids is 2. The number of carbonyl (C=O) groups is 2. The summed E-state index contributed by atoms with van der Waals surface area (Å²) < 4.78 is 59.3. The fourth-order valence-corrected chi connectivity index (χ4v) is 6.44. The Morgan fingerprint density at radius 1 is 1.18 bits per heavy atom. The number of para-hydroxylation sites is 1. The summed E-state index contributed by atoms with van der Waals surface area (Å²) in [4.78, 5) is 39.7. The van der Waals surface area contributed by atoms with Crippen LogP contribution in [0.25, 0.3) is 11.2 Å². The zero-order chi connectivity index (χ0) is 35.9. The molecule has 3 N–H and O–H groups in total. The van der Waals surface area contributed by atoms with E-state index in [1.54, 1.807) is 51.0 Å². The Balaban J connectivity index is 1.57. The number of nitrogens with zero attached hydrogens (tertiary/aromatic N) is 5. The number of aliphatic hydroxyl groups is 1. The Bertz CT molecular complexity index is 1630. The van der Waals surface area contributed by atoms with Crippen molar-refractivity contribution in [2.24, 2.45) is 0 Å². The van der Waals surface area contributed by atoms with E-state index in [9.17, 15) is 19.3 Å². The molecule has 3 aromatic rings. The first-order chi connectivity index (χ1) is 23.1. The van der Waals surface area contributed by atoms with Crippen LogP contribution < -0.4 is 19.8 Å². The molecule has 1 amide bonds. The summed E-state index contributed by atoms with van der Waals surface area (Å²) in [6.45, 7) is 7.54. The molecule has 1 aliphatic rings. The molecule has 4 rings (SSSR count). The number of halogens is 1. The predicted molar refractivity (Wildman–Crippen MR) is 178 cm³/mol. The fourth-order valence-electron chi connectivity index (χ4n) is 4.94. The van der Waals surface area contributed by atoms with Crippen molar-refractivity contribution in [2.45, 2.75) is 90.1 Å². The molecule has 1 fully saturated rings. The number of aliphatic hydroxyl groups excluding tert-OH is 1. The Kier molecular flexibility index (Phi) is 12.5. The van der Waals surface area contributed by atoms with Crippen LogP contribution in [0.15, 0.2) is 36.7 Å². The summed E-state index contributed by atoms with van der Waals surface area (Å²) in [5.41, 5.74) is -2.07. The molecule has 3 heterocycles. The van der Waals surface area contributed by atoms with Gasteiger partial charge < -0.3 is 28.7 Å². The lowest BCUT2D eigenvalue weighted by molar-refractivity contribution is -0.149. The molecular formula is C31H45FN7O9P. The van der Waals surface area contributed by atoms with E-state index >= 15 is 4.39 Å². The number of rotatable bonds is 16. The second-order valence-corrected chi connectivity index (χ2v) is 13.9. The predicted octanol–water partition coefficient (Wildman–Crippen LogP) is 4.75. The highest BCUT2D eigenvalue weighted by Gasteiger charge is 2.56. The Hall–Kier alpha value is -3.89. The number of ether oxygens (including phenoxy) is 3. The number of nitrogens with one attached hydrogen (secondary N) is 2.